The van der Waals surface area contributed by atoms with Crippen LogP contribution in [-0.4, -0.2) is 21.3 Å². The topological polar surface area (TPSA) is 27.7 Å². The Kier molecular flexibility index (Phi) is 4.73. The molecular formula is C11H15BrO3. The number of ether oxygens (including phenoxy) is 3. The lowest BCUT2D eigenvalue weighted by Gasteiger charge is -2.28. The number of benzene rings is 1. The molecule has 0 fully saturated rings. The number of halogens is 1. The molecule has 0 amide bonds. The minimum atomic E-state index is -1.11. The molecule has 0 radical (unpaired) electrons. The van der Waals surface area contributed by atoms with Crippen molar-refractivity contribution in [3.63, 3.8) is 0 Å². The normalized spacial score (nSPS) is 11.7. The third kappa shape index (κ3) is 2.58. The lowest BCUT2D eigenvalue weighted by molar-refractivity contribution is -0.364. The second kappa shape index (κ2) is 5.61. The molecule has 0 spiro atoms. The minimum Gasteiger partial charge on any atom is -0.327 e. The van der Waals surface area contributed by atoms with Crippen LogP contribution in [0.3, 0.4) is 0 Å². The number of methoxy groups -OCH3 is 3. The van der Waals surface area contributed by atoms with Gasteiger partial charge in [-0.2, -0.15) is 0 Å². The fourth-order valence-corrected chi connectivity index (χ4v) is 1.78. The van der Waals surface area contributed by atoms with Gasteiger partial charge in [-0.25, -0.2) is 0 Å². The summed E-state index contributed by atoms with van der Waals surface area (Å²) in [5.74, 6) is -1.11. The SMILES string of the molecule is COC(OC)(OC)c1ccc(CBr)cc1. The van der Waals surface area contributed by atoms with E-state index in [1.807, 2.05) is 24.3 Å². The fraction of sp³-hybridized carbons (Fsp3) is 0.455. The highest BCUT2D eigenvalue weighted by Gasteiger charge is 2.31. The van der Waals surface area contributed by atoms with Crippen LogP contribution in [0.2, 0.25) is 0 Å². The van der Waals surface area contributed by atoms with E-state index in [4.69, 9.17) is 14.2 Å². The lowest BCUT2D eigenvalue weighted by atomic mass is 10.1. The monoisotopic (exact) mass is 274 g/mol. The largest absolute Gasteiger partial charge is 0.327 e. The average Bonchev–Trinajstić information content (AvgIpc) is 2.33. The predicted octanol–water partition coefficient (Wildman–Crippen LogP) is 2.63. The van der Waals surface area contributed by atoms with E-state index >= 15 is 0 Å². The summed E-state index contributed by atoms with van der Waals surface area (Å²) in [6.07, 6.45) is 0. The van der Waals surface area contributed by atoms with Gasteiger partial charge in [0.25, 0.3) is 0 Å². The Balaban J connectivity index is 3.01. The molecule has 4 heteroatoms. The summed E-state index contributed by atoms with van der Waals surface area (Å²) in [4.78, 5) is 0. The van der Waals surface area contributed by atoms with Gasteiger partial charge < -0.3 is 14.2 Å². The summed E-state index contributed by atoms with van der Waals surface area (Å²) in [6.45, 7) is 0. The van der Waals surface area contributed by atoms with Gasteiger partial charge in [0.1, 0.15) is 0 Å². The van der Waals surface area contributed by atoms with Crippen LogP contribution in [0.4, 0.5) is 0 Å². The van der Waals surface area contributed by atoms with E-state index in [1.54, 1.807) is 21.3 Å². The first kappa shape index (κ1) is 12.6. The quantitative estimate of drug-likeness (QED) is 0.610. The first-order valence-electron chi connectivity index (χ1n) is 4.53. The lowest BCUT2D eigenvalue weighted by Crippen LogP contribution is -2.32. The third-order valence-corrected chi connectivity index (χ3v) is 2.92. The molecule has 84 valence electrons. The van der Waals surface area contributed by atoms with Gasteiger partial charge in [-0.05, 0) is 5.56 Å². The van der Waals surface area contributed by atoms with E-state index in [9.17, 15) is 0 Å². The molecule has 0 N–H and O–H groups in total. The summed E-state index contributed by atoms with van der Waals surface area (Å²) in [5.41, 5.74) is 2.02. The summed E-state index contributed by atoms with van der Waals surface area (Å²) in [6, 6.07) is 7.84. The van der Waals surface area contributed by atoms with Crippen LogP contribution < -0.4 is 0 Å². The molecule has 1 rings (SSSR count). The average molecular weight is 275 g/mol. The van der Waals surface area contributed by atoms with Crippen molar-refractivity contribution in [3.8, 4) is 0 Å². The number of hydrogen-bond acceptors (Lipinski definition) is 3. The standard InChI is InChI=1S/C11H15BrO3/c1-13-11(14-2,15-3)10-6-4-9(8-12)5-7-10/h4-7H,8H2,1-3H3. The van der Waals surface area contributed by atoms with Gasteiger partial charge in [0, 0.05) is 32.2 Å². The molecule has 0 unspecified atom stereocenters. The van der Waals surface area contributed by atoms with Crippen molar-refractivity contribution < 1.29 is 14.2 Å². The van der Waals surface area contributed by atoms with Crippen LogP contribution in [0.25, 0.3) is 0 Å². The summed E-state index contributed by atoms with van der Waals surface area (Å²) in [7, 11) is 4.64. The molecule has 0 aliphatic rings. The van der Waals surface area contributed by atoms with E-state index in [-0.39, 0.29) is 0 Å². The van der Waals surface area contributed by atoms with Gasteiger partial charge in [0.05, 0.1) is 0 Å². The maximum atomic E-state index is 5.24. The molecule has 0 bridgehead atoms. The molecule has 0 atom stereocenters. The van der Waals surface area contributed by atoms with Gasteiger partial charge in [-0.15, -0.1) is 0 Å². The van der Waals surface area contributed by atoms with Crippen molar-refractivity contribution in [2.75, 3.05) is 21.3 Å². The van der Waals surface area contributed by atoms with Gasteiger partial charge in [0.2, 0.25) is 0 Å². The zero-order valence-electron chi connectivity index (χ0n) is 9.12. The molecule has 0 heterocycles. The second-order valence-corrected chi connectivity index (χ2v) is 3.56. The Labute approximate surface area is 98.5 Å². The van der Waals surface area contributed by atoms with E-state index in [0.717, 1.165) is 10.9 Å². The van der Waals surface area contributed by atoms with Gasteiger partial charge in [0.15, 0.2) is 0 Å². The zero-order valence-corrected chi connectivity index (χ0v) is 10.7. The Morgan fingerprint density at radius 3 is 1.80 bits per heavy atom. The summed E-state index contributed by atoms with van der Waals surface area (Å²) < 4.78 is 15.7. The minimum absolute atomic E-state index is 0.827. The van der Waals surface area contributed by atoms with Crippen LogP contribution >= 0.6 is 15.9 Å². The Hall–Kier alpha value is -0.420. The molecule has 0 saturated carbocycles. The maximum Gasteiger partial charge on any atom is 0.311 e. The van der Waals surface area contributed by atoms with E-state index in [1.165, 1.54) is 5.56 Å². The zero-order chi connectivity index (χ0) is 11.3. The Morgan fingerprint density at radius 2 is 1.47 bits per heavy atom. The first-order chi connectivity index (χ1) is 7.22. The molecular weight excluding hydrogens is 260 g/mol. The van der Waals surface area contributed by atoms with Crippen molar-refractivity contribution in [2.24, 2.45) is 0 Å². The molecule has 3 nitrogen and oxygen atoms in total. The Bertz CT molecular complexity index is 285. The predicted molar refractivity (Wildman–Crippen MR) is 61.8 cm³/mol. The van der Waals surface area contributed by atoms with Crippen LogP contribution in [0.5, 0.6) is 0 Å². The van der Waals surface area contributed by atoms with Crippen molar-refractivity contribution in [2.45, 2.75) is 11.3 Å². The molecule has 0 aliphatic heterocycles. The molecule has 0 aromatic heterocycles. The van der Waals surface area contributed by atoms with Crippen LogP contribution in [-0.2, 0) is 25.5 Å². The van der Waals surface area contributed by atoms with Gasteiger partial charge >= 0.3 is 5.97 Å². The van der Waals surface area contributed by atoms with Crippen molar-refractivity contribution in [1.82, 2.24) is 0 Å². The first-order valence-corrected chi connectivity index (χ1v) is 5.65. The van der Waals surface area contributed by atoms with Crippen LogP contribution in [0.15, 0.2) is 24.3 Å². The van der Waals surface area contributed by atoms with Crippen molar-refractivity contribution in [1.29, 1.82) is 0 Å². The second-order valence-electron chi connectivity index (χ2n) is 3.00. The number of alkyl halides is 1. The molecule has 0 aliphatic carbocycles. The van der Waals surface area contributed by atoms with Gasteiger partial charge in [-0.3, -0.25) is 0 Å². The molecule has 0 saturated heterocycles. The van der Waals surface area contributed by atoms with E-state index < -0.39 is 5.97 Å². The summed E-state index contributed by atoms with van der Waals surface area (Å²) in [5, 5.41) is 0.827. The highest BCUT2D eigenvalue weighted by atomic mass is 79.9. The van der Waals surface area contributed by atoms with Crippen LogP contribution in [0, 0.1) is 0 Å². The fourth-order valence-electron chi connectivity index (χ4n) is 1.40. The van der Waals surface area contributed by atoms with Crippen molar-refractivity contribution >= 4 is 15.9 Å². The number of hydrogen-bond donors (Lipinski definition) is 0. The third-order valence-electron chi connectivity index (χ3n) is 2.27. The smallest absolute Gasteiger partial charge is 0.311 e. The summed E-state index contributed by atoms with van der Waals surface area (Å²) >= 11 is 3.39. The van der Waals surface area contributed by atoms with Crippen LogP contribution in [0.1, 0.15) is 11.1 Å². The molecule has 1 aromatic rings. The maximum absolute atomic E-state index is 5.24. The Morgan fingerprint density at radius 1 is 1.00 bits per heavy atom. The van der Waals surface area contributed by atoms with Crippen molar-refractivity contribution in [3.05, 3.63) is 35.4 Å². The number of rotatable bonds is 5. The van der Waals surface area contributed by atoms with E-state index in [0.29, 0.717) is 0 Å². The van der Waals surface area contributed by atoms with Gasteiger partial charge in [-0.1, -0.05) is 40.2 Å². The highest BCUT2D eigenvalue weighted by Crippen LogP contribution is 2.27. The molecule has 15 heavy (non-hydrogen) atoms. The molecule has 1 aromatic carbocycles. The van der Waals surface area contributed by atoms with E-state index in [2.05, 4.69) is 15.9 Å². The highest BCUT2D eigenvalue weighted by molar-refractivity contribution is 9.08.